The van der Waals surface area contributed by atoms with E-state index in [2.05, 4.69) is 21.6 Å². The average Bonchev–Trinajstić information content (AvgIpc) is 3.38. The van der Waals surface area contributed by atoms with Crippen LogP contribution in [-0.2, 0) is 13.0 Å². The van der Waals surface area contributed by atoms with Crippen molar-refractivity contribution in [2.75, 3.05) is 0 Å². The van der Waals surface area contributed by atoms with Gasteiger partial charge in [-0.05, 0) is 61.6 Å². The molecule has 2 heterocycles. The van der Waals surface area contributed by atoms with Crippen LogP contribution in [0.5, 0.6) is 11.8 Å². The molecule has 0 spiro atoms. The van der Waals surface area contributed by atoms with Crippen LogP contribution in [0.2, 0.25) is 0 Å². The number of rotatable bonds is 9. The van der Waals surface area contributed by atoms with Crippen LogP contribution in [0.25, 0.3) is 33.6 Å². The molecule has 0 bridgehead atoms. The summed E-state index contributed by atoms with van der Waals surface area (Å²) in [5.74, 6) is 1.79. The summed E-state index contributed by atoms with van der Waals surface area (Å²) in [4.78, 5) is 22.6. The molecule has 0 atom stereocenters. The molecule has 3 aromatic carbocycles. The molecule has 0 fully saturated rings. The molecule has 5 rings (SSSR count). The number of aromatic nitrogens is 4. The van der Waals surface area contributed by atoms with Gasteiger partial charge in [0.15, 0.2) is 11.9 Å². The molecule has 0 N–H and O–H groups in total. The lowest BCUT2D eigenvalue weighted by atomic mass is 9.98. The Hall–Kier alpha value is -4.72. The molecule has 2 aromatic heterocycles. The van der Waals surface area contributed by atoms with E-state index in [1.807, 2.05) is 93.6 Å². The summed E-state index contributed by atoms with van der Waals surface area (Å²) in [5.41, 5.74) is 5.56. The van der Waals surface area contributed by atoms with Gasteiger partial charge in [-0.3, -0.25) is 9.36 Å². The molecule has 0 unspecified atom stereocenters. The van der Waals surface area contributed by atoms with Gasteiger partial charge in [-0.1, -0.05) is 67.6 Å². The minimum atomic E-state index is -0.723. The third-order valence-electron chi connectivity index (χ3n) is 6.60. The Bertz CT molecular complexity index is 1670. The van der Waals surface area contributed by atoms with Crippen molar-refractivity contribution >= 4 is 0 Å². The predicted molar refractivity (Wildman–Crippen MR) is 152 cm³/mol. The van der Waals surface area contributed by atoms with Crippen molar-refractivity contribution in [3.05, 3.63) is 100 Å². The summed E-state index contributed by atoms with van der Waals surface area (Å²) in [6, 6.07) is 23.2. The normalized spacial score (nSPS) is 11.2. The molecule has 8 nitrogen and oxygen atoms in total. The zero-order chi connectivity index (χ0) is 28.2. The SMILES string of the molecule is CCCc1nc(C)c(-c2ccc(OC(C)C)cc2)c(=O)n1Cc1ccc(-c2ccccc2-c2noc([O-])n2)cc1. The maximum absolute atomic E-state index is 13.9. The van der Waals surface area contributed by atoms with Crippen molar-refractivity contribution in [2.45, 2.75) is 53.2 Å². The largest absolute Gasteiger partial charge is 0.528 e. The predicted octanol–water partition coefficient (Wildman–Crippen LogP) is 5.80. The van der Waals surface area contributed by atoms with Gasteiger partial charge in [-0.2, -0.15) is 5.16 Å². The second kappa shape index (κ2) is 11.6. The highest BCUT2D eigenvalue weighted by Crippen LogP contribution is 2.31. The lowest BCUT2D eigenvalue weighted by molar-refractivity contribution is -0.303. The van der Waals surface area contributed by atoms with Crippen molar-refractivity contribution in [3.8, 4) is 45.5 Å². The molecule has 204 valence electrons. The maximum Gasteiger partial charge on any atom is 0.261 e. The first-order chi connectivity index (χ1) is 19.3. The number of hydrogen-bond donors (Lipinski definition) is 0. The molecule has 0 aliphatic heterocycles. The Balaban J connectivity index is 1.48. The highest BCUT2D eigenvalue weighted by atomic mass is 16.6. The molecular formula is C32H31N4O4-. The zero-order valence-corrected chi connectivity index (χ0v) is 23.0. The fraction of sp³-hybridized carbons (Fsp3) is 0.250. The Morgan fingerprint density at radius 1 is 0.925 bits per heavy atom. The summed E-state index contributed by atoms with van der Waals surface area (Å²) in [5, 5.41) is 15.2. The maximum atomic E-state index is 13.9. The van der Waals surface area contributed by atoms with E-state index in [1.54, 1.807) is 4.57 Å². The highest BCUT2D eigenvalue weighted by molar-refractivity contribution is 5.80. The van der Waals surface area contributed by atoms with Crippen LogP contribution in [0.3, 0.4) is 0 Å². The number of aryl methyl sites for hydroxylation is 2. The molecule has 0 aliphatic rings. The van der Waals surface area contributed by atoms with Crippen LogP contribution in [0.15, 0.2) is 82.1 Å². The van der Waals surface area contributed by atoms with E-state index in [0.717, 1.165) is 45.9 Å². The van der Waals surface area contributed by atoms with Crippen molar-refractivity contribution in [3.63, 3.8) is 0 Å². The first kappa shape index (κ1) is 26.9. The summed E-state index contributed by atoms with van der Waals surface area (Å²) < 4.78 is 12.2. The minimum Gasteiger partial charge on any atom is -0.528 e. The Labute approximate surface area is 232 Å². The van der Waals surface area contributed by atoms with Gasteiger partial charge in [0.1, 0.15) is 11.6 Å². The van der Waals surface area contributed by atoms with Gasteiger partial charge in [-0.25, -0.2) is 9.97 Å². The summed E-state index contributed by atoms with van der Waals surface area (Å²) in [6.45, 7) is 8.34. The van der Waals surface area contributed by atoms with Gasteiger partial charge in [0.25, 0.3) is 5.56 Å². The standard InChI is InChI=1S/C32H32N4O4/c1-5-8-28-33-21(4)29(24-15-17-25(18-16-24)39-20(2)3)31(37)36(28)19-22-11-13-23(14-12-22)26-9-6-7-10-27(26)30-34-32(38)40-35-30/h6-7,9-18,20H,5,8,19H2,1-4H3,(H,34,35,38)/p-1. The Morgan fingerprint density at radius 3 is 2.23 bits per heavy atom. The number of nitrogens with zero attached hydrogens (tertiary/aromatic N) is 4. The molecule has 5 aromatic rings. The van der Waals surface area contributed by atoms with Crippen LogP contribution in [0.4, 0.5) is 0 Å². The van der Waals surface area contributed by atoms with E-state index in [0.29, 0.717) is 24.1 Å². The lowest BCUT2D eigenvalue weighted by Gasteiger charge is -2.17. The molecule has 8 heteroatoms. The molecule has 0 amide bonds. The van der Waals surface area contributed by atoms with Crippen molar-refractivity contribution in [1.29, 1.82) is 0 Å². The second-order valence-electron chi connectivity index (χ2n) is 9.95. The first-order valence-electron chi connectivity index (χ1n) is 13.4. The van der Waals surface area contributed by atoms with Crippen molar-refractivity contribution < 1.29 is 14.4 Å². The van der Waals surface area contributed by atoms with Crippen molar-refractivity contribution in [1.82, 2.24) is 19.7 Å². The fourth-order valence-corrected chi connectivity index (χ4v) is 4.82. The molecule has 0 aliphatic carbocycles. The van der Waals surface area contributed by atoms with Gasteiger partial charge in [0.2, 0.25) is 0 Å². The fourth-order valence-electron chi connectivity index (χ4n) is 4.82. The Morgan fingerprint density at radius 2 is 1.60 bits per heavy atom. The topological polar surface area (TPSA) is 106 Å². The smallest absolute Gasteiger partial charge is 0.261 e. The van der Waals surface area contributed by atoms with Crippen LogP contribution < -0.4 is 15.4 Å². The number of ether oxygens (including phenoxy) is 1. The summed E-state index contributed by atoms with van der Waals surface area (Å²) >= 11 is 0. The molecular weight excluding hydrogens is 504 g/mol. The highest BCUT2D eigenvalue weighted by Gasteiger charge is 2.17. The van der Waals surface area contributed by atoms with E-state index >= 15 is 0 Å². The average molecular weight is 536 g/mol. The summed E-state index contributed by atoms with van der Waals surface area (Å²) in [7, 11) is 0. The van der Waals surface area contributed by atoms with E-state index in [4.69, 9.17) is 9.72 Å². The molecule has 0 saturated carbocycles. The van der Waals surface area contributed by atoms with Gasteiger partial charge < -0.3 is 14.4 Å². The van der Waals surface area contributed by atoms with Gasteiger partial charge in [0, 0.05) is 12.0 Å². The third-order valence-corrected chi connectivity index (χ3v) is 6.60. The number of hydrogen-bond acceptors (Lipinski definition) is 7. The third kappa shape index (κ3) is 5.66. The first-order valence-corrected chi connectivity index (χ1v) is 13.4. The van der Waals surface area contributed by atoms with Gasteiger partial charge in [0.05, 0.1) is 23.9 Å². The van der Waals surface area contributed by atoms with Crippen LogP contribution in [0, 0.1) is 6.92 Å². The quantitative estimate of drug-likeness (QED) is 0.235. The van der Waals surface area contributed by atoms with E-state index in [1.165, 1.54) is 0 Å². The van der Waals surface area contributed by atoms with Crippen LogP contribution >= 0.6 is 0 Å². The molecule has 40 heavy (non-hydrogen) atoms. The molecule has 0 saturated heterocycles. The monoisotopic (exact) mass is 535 g/mol. The minimum absolute atomic E-state index is 0.0616. The van der Waals surface area contributed by atoms with Crippen LogP contribution in [0.1, 0.15) is 44.3 Å². The second-order valence-corrected chi connectivity index (χ2v) is 9.95. The summed E-state index contributed by atoms with van der Waals surface area (Å²) in [6.07, 6.45) is 0.933. The van der Waals surface area contributed by atoms with E-state index in [9.17, 15) is 9.90 Å². The Kier molecular flexibility index (Phi) is 7.77. The van der Waals surface area contributed by atoms with Gasteiger partial charge in [-0.15, -0.1) is 0 Å². The van der Waals surface area contributed by atoms with Crippen molar-refractivity contribution in [2.24, 2.45) is 0 Å². The number of benzene rings is 3. The van der Waals surface area contributed by atoms with Gasteiger partial charge >= 0.3 is 0 Å². The van der Waals surface area contributed by atoms with Crippen LogP contribution in [-0.4, -0.2) is 25.8 Å². The lowest BCUT2D eigenvalue weighted by Crippen LogP contribution is -2.28. The molecule has 0 radical (unpaired) electrons. The van der Waals surface area contributed by atoms with E-state index < -0.39 is 6.08 Å². The van der Waals surface area contributed by atoms with E-state index in [-0.39, 0.29) is 17.5 Å². The zero-order valence-electron chi connectivity index (χ0n) is 23.0.